The Labute approximate surface area is 104 Å². The Morgan fingerprint density at radius 2 is 1.72 bits per heavy atom. The lowest BCUT2D eigenvalue weighted by Gasteiger charge is -1.95. The number of hydrogen-bond acceptors (Lipinski definition) is 4. The Morgan fingerprint density at radius 3 is 2.22 bits per heavy atom. The van der Waals surface area contributed by atoms with Gasteiger partial charge in [0.25, 0.3) is 0 Å². The lowest BCUT2D eigenvalue weighted by Crippen LogP contribution is -2.07. The number of nitrogens with zero attached hydrogens (tertiary/aromatic N) is 4. The average Bonchev–Trinajstić information content (AvgIpc) is 2.97. The van der Waals surface area contributed by atoms with Gasteiger partial charge in [-0.3, -0.25) is 19.0 Å². The molecule has 0 aliphatic rings. The van der Waals surface area contributed by atoms with Crippen LogP contribution in [0.1, 0.15) is 34.1 Å². The van der Waals surface area contributed by atoms with Gasteiger partial charge in [-0.15, -0.1) is 0 Å². The lowest BCUT2D eigenvalue weighted by molar-refractivity contribution is 0.0894. The molecule has 6 nitrogen and oxygen atoms in total. The minimum atomic E-state index is -0.225. The number of hydrogen-bond donors (Lipinski definition) is 0. The van der Waals surface area contributed by atoms with Gasteiger partial charge in [-0.1, -0.05) is 0 Å². The number of aromatic nitrogens is 4. The van der Waals surface area contributed by atoms with Gasteiger partial charge in [0.1, 0.15) is 0 Å². The van der Waals surface area contributed by atoms with Crippen LogP contribution in [0.5, 0.6) is 0 Å². The fourth-order valence-electron chi connectivity index (χ4n) is 1.60. The zero-order valence-electron chi connectivity index (χ0n) is 10.3. The standard InChI is InChI=1S/C12H14N4O2/c1-3-16-8-10(6-14-16)12(18)4-11(17)9-5-13-15(2)7-9/h5-8H,3-4H2,1-2H3. The maximum absolute atomic E-state index is 11.9. The molecular formula is C12H14N4O2. The van der Waals surface area contributed by atoms with Gasteiger partial charge in [0, 0.05) is 26.0 Å². The lowest BCUT2D eigenvalue weighted by atomic mass is 10.1. The molecule has 0 bridgehead atoms. The van der Waals surface area contributed by atoms with Crippen LogP contribution in [0.2, 0.25) is 0 Å². The molecule has 0 N–H and O–H groups in total. The third kappa shape index (κ3) is 2.53. The largest absolute Gasteiger partial charge is 0.294 e. The highest BCUT2D eigenvalue weighted by atomic mass is 16.1. The summed E-state index contributed by atoms with van der Waals surface area (Å²) in [5.74, 6) is -0.444. The van der Waals surface area contributed by atoms with E-state index in [-0.39, 0.29) is 18.0 Å². The molecule has 0 saturated heterocycles. The van der Waals surface area contributed by atoms with Crippen molar-refractivity contribution in [3.8, 4) is 0 Å². The quantitative estimate of drug-likeness (QED) is 0.585. The van der Waals surface area contributed by atoms with E-state index in [1.54, 1.807) is 24.1 Å². The van der Waals surface area contributed by atoms with Crippen molar-refractivity contribution < 1.29 is 9.59 Å². The molecule has 0 radical (unpaired) electrons. The molecular weight excluding hydrogens is 232 g/mol. The van der Waals surface area contributed by atoms with Crippen LogP contribution < -0.4 is 0 Å². The van der Waals surface area contributed by atoms with Gasteiger partial charge in [0.15, 0.2) is 11.6 Å². The van der Waals surface area contributed by atoms with E-state index >= 15 is 0 Å². The van der Waals surface area contributed by atoms with Crippen molar-refractivity contribution in [2.45, 2.75) is 19.9 Å². The summed E-state index contributed by atoms with van der Waals surface area (Å²) in [5, 5.41) is 7.91. The first kappa shape index (κ1) is 12.2. The molecule has 2 aromatic heterocycles. The molecule has 0 fully saturated rings. The van der Waals surface area contributed by atoms with Crippen LogP contribution in [0.3, 0.4) is 0 Å². The number of carbonyl (C=O) groups is 2. The Kier molecular flexibility index (Phi) is 3.36. The predicted octanol–water partition coefficient (Wildman–Crippen LogP) is 1.09. The molecule has 2 heterocycles. The Balaban J connectivity index is 2.05. The third-order valence-electron chi connectivity index (χ3n) is 2.63. The van der Waals surface area contributed by atoms with Crippen molar-refractivity contribution in [1.82, 2.24) is 19.6 Å². The van der Waals surface area contributed by atoms with Gasteiger partial charge in [0.05, 0.1) is 29.9 Å². The smallest absolute Gasteiger partial charge is 0.173 e. The van der Waals surface area contributed by atoms with Crippen LogP contribution in [-0.4, -0.2) is 31.1 Å². The molecule has 94 valence electrons. The van der Waals surface area contributed by atoms with Crippen LogP contribution in [0, 0.1) is 0 Å². The summed E-state index contributed by atoms with van der Waals surface area (Å²) < 4.78 is 3.19. The van der Waals surface area contributed by atoms with Gasteiger partial charge >= 0.3 is 0 Å². The molecule has 2 aromatic rings. The van der Waals surface area contributed by atoms with E-state index in [9.17, 15) is 9.59 Å². The van der Waals surface area contributed by atoms with Gasteiger partial charge < -0.3 is 0 Å². The molecule has 0 saturated carbocycles. The summed E-state index contributed by atoms with van der Waals surface area (Å²) >= 11 is 0. The van der Waals surface area contributed by atoms with E-state index in [2.05, 4.69) is 10.2 Å². The molecule has 2 rings (SSSR count). The summed E-state index contributed by atoms with van der Waals surface area (Å²) in [6.45, 7) is 2.63. The van der Waals surface area contributed by atoms with Crippen molar-refractivity contribution in [2.75, 3.05) is 0 Å². The van der Waals surface area contributed by atoms with Gasteiger partial charge in [-0.25, -0.2) is 0 Å². The number of aryl methyl sites for hydroxylation is 2. The van der Waals surface area contributed by atoms with Crippen LogP contribution in [0.4, 0.5) is 0 Å². The van der Waals surface area contributed by atoms with E-state index in [0.29, 0.717) is 17.7 Å². The summed E-state index contributed by atoms with van der Waals surface area (Å²) in [6.07, 6.45) is 6.05. The second kappa shape index (κ2) is 4.95. The van der Waals surface area contributed by atoms with E-state index in [1.165, 1.54) is 17.1 Å². The minimum absolute atomic E-state index is 0.152. The van der Waals surface area contributed by atoms with Crippen molar-refractivity contribution in [1.29, 1.82) is 0 Å². The average molecular weight is 246 g/mol. The maximum atomic E-state index is 11.9. The molecule has 0 aliphatic heterocycles. The number of rotatable bonds is 5. The van der Waals surface area contributed by atoms with Gasteiger partial charge in [-0.2, -0.15) is 10.2 Å². The Bertz CT molecular complexity index is 582. The van der Waals surface area contributed by atoms with Crippen molar-refractivity contribution in [3.05, 3.63) is 35.9 Å². The first-order chi connectivity index (χ1) is 8.60. The summed E-state index contributed by atoms with van der Waals surface area (Å²) in [5.41, 5.74) is 0.919. The highest BCUT2D eigenvalue weighted by Gasteiger charge is 2.16. The van der Waals surface area contributed by atoms with E-state index in [4.69, 9.17) is 0 Å². The van der Waals surface area contributed by atoms with Crippen LogP contribution in [0.15, 0.2) is 24.8 Å². The van der Waals surface area contributed by atoms with Crippen LogP contribution in [0.25, 0.3) is 0 Å². The van der Waals surface area contributed by atoms with Gasteiger partial charge in [0.2, 0.25) is 0 Å². The van der Waals surface area contributed by atoms with Crippen molar-refractivity contribution >= 4 is 11.6 Å². The monoisotopic (exact) mass is 246 g/mol. The topological polar surface area (TPSA) is 69.8 Å². The molecule has 18 heavy (non-hydrogen) atoms. The second-order valence-corrected chi connectivity index (χ2v) is 4.01. The maximum Gasteiger partial charge on any atom is 0.173 e. The van der Waals surface area contributed by atoms with E-state index in [1.807, 2.05) is 6.92 Å². The first-order valence-electron chi connectivity index (χ1n) is 5.67. The first-order valence-corrected chi connectivity index (χ1v) is 5.67. The normalized spacial score (nSPS) is 10.6. The SMILES string of the molecule is CCn1cc(C(=O)CC(=O)c2cnn(C)c2)cn1. The summed E-state index contributed by atoms with van der Waals surface area (Å²) in [6, 6.07) is 0. The summed E-state index contributed by atoms with van der Waals surface area (Å²) in [7, 11) is 1.73. The second-order valence-electron chi connectivity index (χ2n) is 4.01. The third-order valence-corrected chi connectivity index (χ3v) is 2.63. The summed E-state index contributed by atoms with van der Waals surface area (Å²) in [4.78, 5) is 23.7. The van der Waals surface area contributed by atoms with Crippen molar-refractivity contribution in [3.63, 3.8) is 0 Å². The predicted molar refractivity (Wildman–Crippen MR) is 64.4 cm³/mol. The van der Waals surface area contributed by atoms with Crippen LogP contribution >= 0.6 is 0 Å². The van der Waals surface area contributed by atoms with Crippen LogP contribution in [-0.2, 0) is 13.6 Å². The van der Waals surface area contributed by atoms with E-state index in [0.717, 1.165) is 0 Å². The number of Topliss-reactive ketones (excluding diaryl/α,β-unsaturated/α-hetero) is 2. The fourth-order valence-corrected chi connectivity index (χ4v) is 1.60. The zero-order valence-corrected chi connectivity index (χ0v) is 10.3. The molecule has 0 aliphatic carbocycles. The zero-order chi connectivity index (χ0) is 13.1. The number of ketones is 2. The van der Waals surface area contributed by atoms with E-state index < -0.39 is 0 Å². The number of carbonyl (C=O) groups excluding carboxylic acids is 2. The van der Waals surface area contributed by atoms with Gasteiger partial charge in [-0.05, 0) is 6.92 Å². The molecule has 0 amide bonds. The molecule has 0 aromatic carbocycles. The molecule has 0 unspecified atom stereocenters. The molecule has 6 heteroatoms. The Morgan fingerprint density at radius 1 is 1.11 bits per heavy atom. The molecule has 0 spiro atoms. The Hall–Kier alpha value is -2.24. The van der Waals surface area contributed by atoms with Crippen molar-refractivity contribution in [2.24, 2.45) is 7.05 Å². The minimum Gasteiger partial charge on any atom is -0.294 e. The molecule has 0 atom stereocenters. The highest BCUT2D eigenvalue weighted by molar-refractivity contribution is 6.13. The fraction of sp³-hybridized carbons (Fsp3) is 0.333. The highest BCUT2D eigenvalue weighted by Crippen LogP contribution is 2.07.